The largest absolute Gasteiger partial charge is 0.481 e. The van der Waals surface area contributed by atoms with Crippen LogP contribution in [-0.2, 0) is 30.3 Å². The summed E-state index contributed by atoms with van der Waals surface area (Å²) in [6.07, 6.45) is 3.71. The Morgan fingerprint density at radius 3 is 2.38 bits per heavy atom. The van der Waals surface area contributed by atoms with Crippen molar-refractivity contribution in [3.63, 3.8) is 0 Å². The number of hydrogen-bond donors (Lipinski definition) is 3. The van der Waals surface area contributed by atoms with Crippen LogP contribution in [0.4, 0.5) is 4.39 Å². The van der Waals surface area contributed by atoms with E-state index in [1.807, 2.05) is 51.5 Å². The van der Waals surface area contributed by atoms with Crippen molar-refractivity contribution in [2.75, 3.05) is 20.1 Å². The highest BCUT2D eigenvalue weighted by Gasteiger charge is 2.38. The standard InChI is InChI=1S/C39H58FN5O7S/c1-8-19-45(39(51)35(25(5)9-2)43-37(50)31-12-10-11-20-44(31)7)32(24(3)4)22-33(52-26(6)46)38-42-30(23-53-38)36(49)41-29(17-18-34(47)48)21-27-13-15-28(40)16-14-27/h13-16,23-25,29,31-33,35H,8-12,17-22H2,1-7H3,(H,41,49)(H,43,50)(H,47,48)/t25-,29?,31?,32?,33?,35?/m0/s1. The summed E-state index contributed by atoms with van der Waals surface area (Å²) < 4.78 is 19.3. The molecule has 53 heavy (non-hydrogen) atoms. The number of nitrogens with zero attached hydrogens (tertiary/aromatic N) is 3. The fourth-order valence-corrected chi connectivity index (χ4v) is 7.64. The summed E-state index contributed by atoms with van der Waals surface area (Å²) >= 11 is 1.16. The molecule has 3 amide bonds. The molecule has 0 radical (unpaired) electrons. The second-order valence-corrected chi connectivity index (χ2v) is 15.4. The number of carbonyl (C=O) groups excluding carboxylic acids is 4. The number of likely N-dealkylation sites (tertiary alicyclic amines) is 1. The number of piperidine rings is 1. The van der Waals surface area contributed by atoms with Gasteiger partial charge in [-0.2, -0.15) is 0 Å². The molecule has 0 bridgehead atoms. The topological polar surface area (TPSA) is 158 Å². The predicted octanol–water partition coefficient (Wildman–Crippen LogP) is 5.76. The number of esters is 1. The van der Waals surface area contributed by atoms with Gasteiger partial charge in [-0.25, -0.2) is 9.37 Å². The number of benzene rings is 1. The summed E-state index contributed by atoms with van der Waals surface area (Å²) in [7, 11) is 1.94. The van der Waals surface area contributed by atoms with Crippen molar-refractivity contribution in [3.05, 3.63) is 51.7 Å². The van der Waals surface area contributed by atoms with Gasteiger partial charge in [-0.15, -0.1) is 11.3 Å². The van der Waals surface area contributed by atoms with Crippen molar-refractivity contribution in [2.45, 2.75) is 130 Å². The molecule has 6 atom stereocenters. The van der Waals surface area contributed by atoms with E-state index in [1.54, 1.807) is 17.5 Å². The average Bonchev–Trinajstić information content (AvgIpc) is 3.61. The number of carboxylic acid groups (broad SMARTS) is 1. The molecule has 3 N–H and O–H groups in total. The van der Waals surface area contributed by atoms with Gasteiger partial charge in [-0.1, -0.05) is 59.6 Å². The first-order chi connectivity index (χ1) is 25.1. The lowest BCUT2D eigenvalue weighted by Crippen LogP contribution is -2.58. The van der Waals surface area contributed by atoms with Gasteiger partial charge in [0.25, 0.3) is 5.91 Å². The molecule has 2 aromatic rings. The molecule has 12 nitrogen and oxygen atoms in total. The molecule has 1 saturated heterocycles. The van der Waals surface area contributed by atoms with Crippen LogP contribution >= 0.6 is 11.3 Å². The summed E-state index contributed by atoms with van der Waals surface area (Å²) in [5.74, 6) is -2.98. The summed E-state index contributed by atoms with van der Waals surface area (Å²) in [6, 6.07) is 3.82. The Labute approximate surface area is 317 Å². The second kappa shape index (κ2) is 21.1. The number of ether oxygens (including phenoxy) is 1. The summed E-state index contributed by atoms with van der Waals surface area (Å²) in [4.78, 5) is 73.7. The van der Waals surface area contributed by atoms with Gasteiger partial charge in [0.05, 0.1) is 6.04 Å². The molecule has 1 aromatic heterocycles. The molecule has 294 valence electrons. The molecule has 3 rings (SSSR count). The third kappa shape index (κ3) is 13.2. The van der Waals surface area contributed by atoms with Crippen molar-refractivity contribution >= 4 is 41.0 Å². The van der Waals surface area contributed by atoms with Crippen LogP contribution in [0.25, 0.3) is 0 Å². The number of aliphatic carboxylic acids is 1. The van der Waals surface area contributed by atoms with E-state index in [1.165, 1.54) is 19.1 Å². The number of nitrogens with one attached hydrogen (secondary N) is 2. The lowest BCUT2D eigenvalue weighted by molar-refractivity contribution is -0.149. The van der Waals surface area contributed by atoms with Crippen LogP contribution < -0.4 is 10.6 Å². The van der Waals surface area contributed by atoms with Gasteiger partial charge in [0.15, 0.2) is 6.10 Å². The normalized spacial score (nSPS) is 17.6. The molecular formula is C39H58FN5O7S. The van der Waals surface area contributed by atoms with Crippen molar-refractivity contribution in [3.8, 4) is 0 Å². The third-order valence-electron chi connectivity index (χ3n) is 10.00. The van der Waals surface area contributed by atoms with E-state index in [0.29, 0.717) is 30.8 Å². The number of thiazole rings is 1. The lowest BCUT2D eigenvalue weighted by Gasteiger charge is -2.40. The fraction of sp³-hybridized carbons (Fsp3) is 0.641. The molecule has 14 heteroatoms. The summed E-state index contributed by atoms with van der Waals surface area (Å²) in [5, 5.41) is 17.2. The van der Waals surface area contributed by atoms with E-state index >= 15 is 0 Å². The highest BCUT2D eigenvalue weighted by molar-refractivity contribution is 7.09. The molecule has 0 aliphatic carbocycles. The van der Waals surface area contributed by atoms with Crippen LogP contribution in [0.15, 0.2) is 29.6 Å². The molecule has 0 saturated carbocycles. The lowest BCUT2D eigenvalue weighted by atomic mass is 9.92. The fourth-order valence-electron chi connectivity index (χ4n) is 6.80. The first kappa shape index (κ1) is 43.5. The molecule has 1 aromatic carbocycles. The highest BCUT2D eigenvalue weighted by Crippen LogP contribution is 2.32. The molecule has 0 spiro atoms. The number of amides is 3. The van der Waals surface area contributed by atoms with E-state index in [0.717, 1.165) is 42.7 Å². The number of aromatic nitrogens is 1. The monoisotopic (exact) mass is 759 g/mol. The predicted molar refractivity (Wildman–Crippen MR) is 202 cm³/mol. The molecular weight excluding hydrogens is 702 g/mol. The molecule has 1 aliphatic heterocycles. The molecule has 5 unspecified atom stereocenters. The smallest absolute Gasteiger partial charge is 0.303 e. The minimum absolute atomic E-state index is 0.0643. The Morgan fingerprint density at radius 2 is 1.79 bits per heavy atom. The van der Waals surface area contributed by atoms with Crippen LogP contribution in [-0.4, -0.2) is 93.9 Å². The highest BCUT2D eigenvalue weighted by atomic mass is 32.1. The zero-order valence-corrected chi connectivity index (χ0v) is 33.0. The Balaban J connectivity index is 1.86. The molecule has 1 fully saturated rings. The third-order valence-corrected chi connectivity index (χ3v) is 10.9. The van der Waals surface area contributed by atoms with Gasteiger partial charge in [0.2, 0.25) is 11.8 Å². The van der Waals surface area contributed by atoms with E-state index < -0.39 is 47.9 Å². The Hall–Kier alpha value is -3.91. The number of likely N-dealkylation sites (N-methyl/N-ethyl adjacent to an activating group) is 1. The van der Waals surface area contributed by atoms with Gasteiger partial charge >= 0.3 is 11.9 Å². The first-order valence-electron chi connectivity index (χ1n) is 18.9. The molecule has 2 heterocycles. The summed E-state index contributed by atoms with van der Waals surface area (Å²) in [5.41, 5.74) is 0.815. The van der Waals surface area contributed by atoms with Crippen LogP contribution in [0.5, 0.6) is 0 Å². The number of carbonyl (C=O) groups is 5. The van der Waals surface area contributed by atoms with Crippen LogP contribution in [0.1, 0.15) is 120 Å². The van der Waals surface area contributed by atoms with Crippen molar-refractivity contribution in [2.24, 2.45) is 11.8 Å². The Kier molecular flexibility index (Phi) is 17.3. The van der Waals surface area contributed by atoms with Gasteiger partial charge in [-0.3, -0.25) is 28.9 Å². The van der Waals surface area contributed by atoms with Crippen LogP contribution in [0.2, 0.25) is 0 Å². The number of carboxylic acids is 1. The SMILES string of the molecule is CCCN(C(=O)C(NC(=O)C1CCCCN1C)[C@@H](C)CC)C(CC(OC(C)=O)c1nc(C(=O)NC(CCC(=O)O)Cc2ccc(F)cc2)cs1)C(C)C. The second-order valence-electron chi connectivity index (χ2n) is 14.5. The maximum atomic E-state index is 14.5. The van der Waals surface area contributed by atoms with Crippen LogP contribution in [0, 0.1) is 17.7 Å². The van der Waals surface area contributed by atoms with E-state index in [9.17, 15) is 33.5 Å². The zero-order chi connectivity index (χ0) is 39.2. The van der Waals surface area contributed by atoms with Crippen molar-refractivity contribution in [1.29, 1.82) is 0 Å². The van der Waals surface area contributed by atoms with Gasteiger partial charge < -0.3 is 25.4 Å². The number of halogens is 1. The zero-order valence-electron chi connectivity index (χ0n) is 32.2. The van der Waals surface area contributed by atoms with Crippen molar-refractivity contribution in [1.82, 2.24) is 25.4 Å². The van der Waals surface area contributed by atoms with E-state index in [-0.39, 0.29) is 54.6 Å². The molecule has 1 aliphatic rings. The maximum Gasteiger partial charge on any atom is 0.303 e. The average molecular weight is 760 g/mol. The van der Waals surface area contributed by atoms with E-state index in [4.69, 9.17) is 4.74 Å². The Bertz CT molecular complexity index is 1520. The Morgan fingerprint density at radius 1 is 1.09 bits per heavy atom. The van der Waals surface area contributed by atoms with Gasteiger partial charge in [0.1, 0.15) is 22.6 Å². The minimum atomic E-state index is -1.01. The van der Waals surface area contributed by atoms with Gasteiger partial charge in [0, 0.05) is 43.8 Å². The summed E-state index contributed by atoms with van der Waals surface area (Å²) in [6.45, 7) is 12.5. The van der Waals surface area contributed by atoms with Gasteiger partial charge in [-0.05, 0) is 75.2 Å². The number of hydrogen-bond acceptors (Lipinski definition) is 9. The number of rotatable bonds is 20. The van der Waals surface area contributed by atoms with Crippen molar-refractivity contribution < 1.29 is 38.2 Å². The maximum absolute atomic E-state index is 14.5. The quantitative estimate of drug-likeness (QED) is 0.143. The van der Waals surface area contributed by atoms with Crippen LogP contribution in [0.3, 0.4) is 0 Å². The van der Waals surface area contributed by atoms with E-state index in [2.05, 4.69) is 15.6 Å². The first-order valence-corrected chi connectivity index (χ1v) is 19.7. The minimum Gasteiger partial charge on any atom is -0.481 e.